The Bertz CT molecular complexity index is 678. The molecule has 21 heavy (non-hydrogen) atoms. The van der Waals surface area contributed by atoms with Crippen LogP contribution in [-0.4, -0.2) is 17.9 Å². The minimum Gasteiger partial charge on any atom is -0.456 e. The van der Waals surface area contributed by atoms with E-state index >= 15 is 0 Å². The standard InChI is InChI=1S/C17H18O3S/c1-11-5-6-12(15-8-7-13(10-18)21-15)9-14(11)16(19)20-17(2,3)4/h5-10H,1-4H3. The van der Waals surface area contributed by atoms with E-state index in [9.17, 15) is 9.59 Å². The zero-order valence-electron chi connectivity index (χ0n) is 12.6. The predicted octanol–water partition coefficient (Wildman–Crippen LogP) is 4.49. The van der Waals surface area contributed by atoms with E-state index in [0.717, 1.165) is 22.3 Å². The van der Waals surface area contributed by atoms with Crippen molar-refractivity contribution in [2.75, 3.05) is 0 Å². The van der Waals surface area contributed by atoms with E-state index in [0.29, 0.717) is 10.4 Å². The van der Waals surface area contributed by atoms with E-state index in [1.807, 2.05) is 52.0 Å². The van der Waals surface area contributed by atoms with Crippen LogP contribution in [0.1, 0.15) is 46.4 Å². The molecule has 0 saturated heterocycles. The van der Waals surface area contributed by atoms with E-state index in [4.69, 9.17) is 4.74 Å². The molecule has 0 spiro atoms. The molecule has 0 aliphatic heterocycles. The van der Waals surface area contributed by atoms with E-state index < -0.39 is 5.60 Å². The minimum absolute atomic E-state index is 0.325. The molecule has 0 fully saturated rings. The van der Waals surface area contributed by atoms with Gasteiger partial charge in [0.25, 0.3) is 0 Å². The molecule has 0 N–H and O–H groups in total. The van der Waals surface area contributed by atoms with Gasteiger partial charge < -0.3 is 4.74 Å². The highest BCUT2D eigenvalue weighted by Crippen LogP contribution is 2.29. The van der Waals surface area contributed by atoms with Crippen molar-refractivity contribution in [1.29, 1.82) is 0 Å². The van der Waals surface area contributed by atoms with Gasteiger partial charge in [0.05, 0.1) is 10.4 Å². The minimum atomic E-state index is -0.521. The van der Waals surface area contributed by atoms with Gasteiger partial charge >= 0.3 is 5.97 Å². The average Bonchev–Trinajstić information content (AvgIpc) is 2.86. The monoisotopic (exact) mass is 302 g/mol. The molecule has 0 aliphatic rings. The summed E-state index contributed by atoms with van der Waals surface area (Å²) in [5, 5.41) is 0. The fourth-order valence-corrected chi connectivity index (χ4v) is 2.72. The van der Waals surface area contributed by atoms with Crippen molar-refractivity contribution in [3.63, 3.8) is 0 Å². The van der Waals surface area contributed by atoms with Gasteiger partial charge in [-0.15, -0.1) is 11.3 Å². The average molecular weight is 302 g/mol. The second kappa shape index (κ2) is 5.82. The summed E-state index contributed by atoms with van der Waals surface area (Å²) in [5.41, 5.74) is 1.83. The summed E-state index contributed by atoms with van der Waals surface area (Å²) in [7, 11) is 0. The van der Waals surface area contributed by atoms with Crippen LogP contribution >= 0.6 is 11.3 Å². The molecule has 0 unspecified atom stereocenters. The number of aryl methyl sites for hydroxylation is 1. The van der Waals surface area contributed by atoms with Crippen molar-refractivity contribution in [2.24, 2.45) is 0 Å². The van der Waals surface area contributed by atoms with E-state index in [2.05, 4.69) is 0 Å². The zero-order chi connectivity index (χ0) is 15.6. The molecular formula is C17H18O3S. The van der Waals surface area contributed by atoms with Gasteiger partial charge in [0.15, 0.2) is 6.29 Å². The highest BCUT2D eigenvalue weighted by atomic mass is 32.1. The molecule has 1 heterocycles. The molecule has 0 radical (unpaired) electrons. The van der Waals surface area contributed by atoms with Crippen molar-refractivity contribution < 1.29 is 14.3 Å². The first-order valence-electron chi connectivity index (χ1n) is 6.69. The molecule has 2 aromatic rings. The SMILES string of the molecule is Cc1ccc(-c2ccc(C=O)s2)cc1C(=O)OC(C)(C)C. The third-order valence-corrected chi connectivity index (χ3v) is 3.94. The van der Waals surface area contributed by atoms with Crippen molar-refractivity contribution in [1.82, 2.24) is 0 Å². The highest BCUT2D eigenvalue weighted by Gasteiger charge is 2.20. The number of aldehydes is 1. The van der Waals surface area contributed by atoms with Crippen LogP contribution in [-0.2, 0) is 4.74 Å². The summed E-state index contributed by atoms with van der Waals surface area (Å²) < 4.78 is 5.43. The van der Waals surface area contributed by atoms with Crippen LogP contribution in [0.5, 0.6) is 0 Å². The molecular weight excluding hydrogens is 284 g/mol. The fourth-order valence-electron chi connectivity index (χ4n) is 1.90. The lowest BCUT2D eigenvalue weighted by Crippen LogP contribution is -2.24. The van der Waals surface area contributed by atoms with Crippen LogP contribution in [0.3, 0.4) is 0 Å². The second-order valence-corrected chi connectivity index (χ2v) is 6.97. The maximum absolute atomic E-state index is 12.3. The Hall–Kier alpha value is -1.94. The normalized spacial score (nSPS) is 11.2. The van der Waals surface area contributed by atoms with Crippen LogP contribution < -0.4 is 0 Å². The Morgan fingerprint density at radius 2 is 1.90 bits per heavy atom. The van der Waals surface area contributed by atoms with E-state index in [-0.39, 0.29) is 5.97 Å². The Labute approximate surface area is 128 Å². The number of thiophene rings is 1. The first kappa shape index (κ1) is 15.4. The largest absolute Gasteiger partial charge is 0.456 e. The predicted molar refractivity (Wildman–Crippen MR) is 85.0 cm³/mol. The summed E-state index contributed by atoms with van der Waals surface area (Å²) in [4.78, 5) is 24.7. The van der Waals surface area contributed by atoms with Crippen LogP contribution in [0.2, 0.25) is 0 Å². The maximum atomic E-state index is 12.3. The molecule has 2 rings (SSSR count). The molecule has 0 bridgehead atoms. The van der Waals surface area contributed by atoms with Gasteiger partial charge in [-0.25, -0.2) is 4.79 Å². The number of hydrogen-bond donors (Lipinski definition) is 0. The number of carbonyl (C=O) groups excluding carboxylic acids is 2. The van der Waals surface area contributed by atoms with Gasteiger partial charge in [0.2, 0.25) is 0 Å². The van der Waals surface area contributed by atoms with Crippen LogP contribution in [0.25, 0.3) is 10.4 Å². The molecule has 1 aromatic carbocycles. The third-order valence-electron chi connectivity index (χ3n) is 2.88. The number of esters is 1. The van der Waals surface area contributed by atoms with Crippen molar-refractivity contribution in [3.8, 4) is 10.4 Å². The molecule has 0 saturated carbocycles. The zero-order valence-corrected chi connectivity index (χ0v) is 13.4. The number of carbonyl (C=O) groups is 2. The quantitative estimate of drug-likeness (QED) is 0.619. The van der Waals surface area contributed by atoms with Gasteiger partial charge in [-0.3, -0.25) is 4.79 Å². The lowest BCUT2D eigenvalue weighted by Gasteiger charge is -2.20. The molecule has 0 amide bonds. The lowest BCUT2D eigenvalue weighted by atomic mass is 10.0. The molecule has 110 valence electrons. The number of hydrogen-bond acceptors (Lipinski definition) is 4. The van der Waals surface area contributed by atoms with Crippen molar-refractivity contribution >= 4 is 23.6 Å². The first-order chi connectivity index (χ1) is 9.80. The molecule has 1 aromatic heterocycles. The molecule has 0 atom stereocenters. The van der Waals surface area contributed by atoms with E-state index in [1.54, 1.807) is 6.07 Å². The smallest absolute Gasteiger partial charge is 0.338 e. The van der Waals surface area contributed by atoms with Gasteiger partial charge in [-0.2, -0.15) is 0 Å². The Kier molecular flexibility index (Phi) is 4.28. The Morgan fingerprint density at radius 3 is 2.48 bits per heavy atom. The van der Waals surface area contributed by atoms with E-state index in [1.165, 1.54) is 11.3 Å². The van der Waals surface area contributed by atoms with Gasteiger partial charge in [-0.1, -0.05) is 12.1 Å². The van der Waals surface area contributed by atoms with Crippen molar-refractivity contribution in [2.45, 2.75) is 33.3 Å². The van der Waals surface area contributed by atoms with Crippen LogP contribution in [0, 0.1) is 6.92 Å². The van der Waals surface area contributed by atoms with Gasteiger partial charge in [-0.05, 0) is 57.0 Å². The van der Waals surface area contributed by atoms with Gasteiger partial charge in [0.1, 0.15) is 5.60 Å². The topological polar surface area (TPSA) is 43.4 Å². The lowest BCUT2D eigenvalue weighted by molar-refractivity contribution is 0.00687. The van der Waals surface area contributed by atoms with Gasteiger partial charge in [0, 0.05) is 4.88 Å². The first-order valence-corrected chi connectivity index (χ1v) is 7.51. The Balaban J connectivity index is 2.37. The number of benzene rings is 1. The van der Waals surface area contributed by atoms with Crippen molar-refractivity contribution in [3.05, 3.63) is 46.3 Å². The summed E-state index contributed by atoms with van der Waals surface area (Å²) >= 11 is 1.41. The second-order valence-electron chi connectivity index (χ2n) is 5.85. The molecule has 4 heteroatoms. The molecule has 3 nitrogen and oxygen atoms in total. The summed E-state index contributed by atoms with van der Waals surface area (Å²) in [6.07, 6.45) is 0.830. The maximum Gasteiger partial charge on any atom is 0.338 e. The summed E-state index contributed by atoms with van der Waals surface area (Å²) in [6, 6.07) is 9.33. The summed E-state index contributed by atoms with van der Waals surface area (Å²) in [5.74, 6) is -0.325. The highest BCUT2D eigenvalue weighted by molar-refractivity contribution is 7.17. The van der Waals surface area contributed by atoms with Crippen LogP contribution in [0.15, 0.2) is 30.3 Å². The number of ether oxygens (including phenoxy) is 1. The summed E-state index contributed by atoms with van der Waals surface area (Å²) in [6.45, 7) is 7.42. The Morgan fingerprint density at radius 1 is 1.19 bits per heavy atom. The number of rotatable bonds is 3. The fraction of sp³-hybridized carbons (Fsp3) is 0.294. The molecule has 0 aliphatic carbocycles. The third kappa shape index (κ3) is 3.79. The van der Waals surface area contributed by atoms with Crippen LogP contribution in [0.4, 0.5) is 0 Å².